The van der Waals surface area contributed by atoms with Gasteiger partial charge in [0.05, 0.1) is 5.02 Å². The van der Waals surface area contributed by atoms with Crippen LogP contribution in [0.5, 0.6) is 0 Å². The molecule has 2 aliphatic rings. The highest BCUT2D eigenvalue weighted by atomic mass is 35.5. The van der Waals surface area contributed by atoms with Gasteiger partial charge in [0.25, 0.3) is 0 Å². The van der Waals surface area contributed by atoms with Crippen molar-refractivity contribution in [2.75, 3.05) is 0 Å². The molecule has 2 saturated carbocycles. The van der Waals surface area contributed by atoms with E-state index in [0.29, 0.717) is 5.92 Å². The molecule has 2 aliphatic carbocycles. The first-order valence-electron chi connectivity index (χ1n) is 11.0. The van der Waals surface area contributed by atoms with E-state index < -0.39 is 5.82 Å². The fraction of sp³-hybridized carbons (Fsp3) is 0.708. The molecule has 1 nitrogen and oxygen atoms in total. The predicted molar refractivity (Wildman–Crippen MR) is 110 cm³/mol. The molecule has 148 valence electrons. The maximum absolute atomic E-state index is 14.1. The molecule has 0 aliphatic heterocycles. The number of nitriles is 1. The average Bonchev–Trinajstić information content (AvgIpc) is 2.69. The molecule has 0 bridgehead atoms. The zero-order valence-corrected chi connectivity index (χ0v) is 17.4. The lowest BCUT2D eigenvalue weighted by atomic mass is 9.68. The summed E-state index contributed by atoms with van der Waals surface area (Å²) in [6.07, 6.45) is 16.1. The second-order valence-electron chi connectivity index (χ2n) is 8.86. The third-order valence-corrected chi connectivity index (χ3v) is 7.49. The minimum atomic E-state index is -0.469. The zero-order chi connectivity index (χ0) is 19.2. The molecular weight excluding hydrogens is 357 g/mol. The van der Waals surface area contributed by atoms with Gasteiger partial charge in [-0.1, -0.05) is 57.0 Å². The molecule has 0 atom stereocenters. The van der Waals surface area contributed by atoms with Crippen molar-refractivity contribution in [1.82, 2.24) is 0 Å². The number of hydrogen-bond acceptors (Lipinski definition) is 1. The first-order valence-corrected chi connectivity index (χ1v) is 11.4. The van der Waals surface area contributed by atoms with E-state index in [4.69, 9.17) is 16.9 Å². The van der Waals surface area contributed by atoms with Crippen LogP contribution in [0.3, 0.4) is 0 Å². The number of nitrogens with zero attached hydrogens (tertiary/aromatic N) is 1. The van der Waals surface area contributed by atoms with Crippen molar-refractivity contribution in [3.63, 3.8) is 0 Å². The Morgan fingerprint density at radius 2 is 1.63 bits per heavy atom. The van der Waals surface area contributed by atoms with Gasteiger partial charge in [-0.3, -0.25) is 0 Å². The quantitative estimate of drug-likeness (QED) is 0.452. The van der Waals surface area contributed by atoms with E-state index >= 15 is 0 Å². The number of unbranched alkanes of at least 4 members (excludes halogenated alkanes) is 2. The molecule has 0 spiro atoms. The van der Waals surface area contributed by atoms with E-state index in [1.807, 2.05) is 12.1 Å². The number of halogens is 2. The van der Waals surface area contributed by atoms with Crippen molar-refractivity contribution < 1.29 is 4.39 Å². The Labute approximate surface area is 169 Å². The van der Waals surface area contributed by atoms with E-state index in [1.54, 1.807) is 0 Å². The molecule has 0 unspecified atom stereocenters. The lowest BCUT2D eigenvalue weighted by Crippen LogP contribution is -2.25. The summed E-state index contributed by atoms with van der Waals surface area (Å²) in [5.41, 5.74) is 0.958. The van der Waals surface area contributed by atoms with E-state index in [-0.39, 0.29) is 10.6 Å². The zero-order valence-electron chi connectivity index (χ0n) is 16.7. The molecule has 1 aromatic carbocycles. The summed E-state index contributed by atoms with van der Waals surface area (Å²) in [5, 5.41) is 9.24. The highest BCUT2D eigenvalue weighted by Gasteiger charge is 2.31. The van der Waals surface area contributed by atoms with Crippen LogP contribution >= 0.6 is 11.6 Å². The summed E-state index contributed by atoms with van der Waals surface area (Å²) in [5.74, 6) is 2.68. The van der Waals surface area contributed by atoms with Crippen LogP contribution in [0.15, 0.2) is 12.1 Å². The van der Waals surface area contributed by atoms with Gasteiger partial charge in [0.2, 0.25) is 0 Å². The van der Waals surface area contributed by atoms with Crippen LogP contribution in [0, 0.1) is 34.9 Å². The van der Waals surface area contributed by atoms with E-state index in [2.05, 4.69) is 6.92 Å². The first-order chi connectivity index (χ1) is 13.1. The van der Waals surface area contributed by atoms with Gasteiger partial charge in [0, 0.05) is 0 Å². The smallest absolute Gasteiger partial charge is 0.142 e. The maximum Gasteiger partial charge on any atom is 0.142 e. The van der Waals surface area contributed by atoms with Gasteiger partial charge in [-0.05, 0) is 79.9 Å². The normalized spacial score (nSPS) is 28.7. The van der Waals surface area contributed by atoms with Gasteiger partial charge >= 0.3 is 0 Å². The predicted octanol–water partition coefficient (Wildman–Crippen LogP) is 8.01. The highest BCUT2D eigenvalue weighted by molar-refractivity contribution is 6.31. The second-order valence-corrected chi connectivity index (χ2v) is 9.27. The van der Waals surface area contributed by atoms with Crippen LogP contribution in [-0.4, -0.2) is 0 Å². The van der Waals surface area contributed by atoms with Gasteiger partial charge < -0.3 is 0 Å². The standard InChI is InChI=1S/C24H33ClFN/c1-2-3-4-5-17-6-8-18(9-7-17)19-10-12-20(13-11-19)21-14-23(25)22(16-27)24(26)15-21/h14-15,17-20H,2-13H2,1H3/t17-,18-,19-,20-. The Morgan fingerprint density at radius 1 is 1.00 bits per heavy atom. The number of benzene rings is 1. The Morgan fingerprint density at radius 3 is 2.19 bits per heavy atom. The molecular formula is C24H33ClFN. The number of rotatable bonds is 6. The van der Waals surface area contributed by atoms with Gasteiger partial charge in [-0.2, -0.15) is 5.26 Å². The largest absolute Gasteiger partial charge is 0.205 e. The van der Waals surface area contributed by atoms with Gasteiger partial charge in [-0.15, -0.1) is 0 Å². The first kappa shape index (κ1) is 20.7. The van der Waals surface area contributed by atoms with Crippen molar-refractivity contribution in [2.24, 2.45) is 17.8 Å². The lowest BCUT2D eigenvalue weighted by Gasteiger charge is -2.38. The van der Waals surface area contributed by atoms with Crippen molar-refractivity contribution in [1.29, 1.82) is 5.26 Å². The van der Waals surface area contributed by atoms with E-state index in [0.717, 1.165) is 36.2 Å². The summed E-state index contributed by atoms with van der Waals surface area (Å²) >= 11 is 6.10. The molecule has 0 radical (unpaired) electrons. The van der Waals surface area contributed by atoms with Crippen molar-refractivity contribution in [2.45, 2.75) is 89.9 Å². The number of hydrogen-bond donors (Lipinski definition) is 0. The Bertz CT molecular complexity index is 626. The fourth-order valence-corrected chi connectivity index (χ4v) is 5.75. The van der Waals surface area contributed by atoms with Crippen LogP contribution in [0.4, 0.5) is 4.39 Å². The Hall–Kier alpha value is -1.07. The van der Waals surface area contributed by atoms with Crippen molar-refractivity contribution in [3.8, 4) is 6.07 Å². The van der Waals surface area contributed by atoms with Crippen LogP contribution in [0.1, 0.15) is 101 Å². The molecule has 2 fully saturated rings. The topological polar surface area (TPSA) is 23.8 Å². The summed E-state index contributed by atoms with van der Waals surface area (Å²) in [6.45, 7) is 2.29. The summed E-state index contributed by atoms with van der Waals surface area (Å²) < 4.78 is 14.1. The Kier molecular flexibility index (Phi) is 7.59. The van der Waals surface area contributed by atoms with Gasteiger partial charge in [0.1, 0.15) is 17.4 Å². The molecule has 0 N–H and O–H groups in total. The molecule has 0 saturated heterocycles. The van der Waals surface area contributed by atoms with Gasteiger partial charge in [-0.25, -0.2) is 4.39 Å². The summed E-state index contributed by atoms with van der Waals surface area (Å²) in [6, 6.07) is 5.21. The molecule has 0 amide bonds. The minimum absolute atomic E-state index is 0.0233. The molecule has 27 heavy (non-hydrogen) atoms. The summed E-state index contributed by atoms with van der Waals surface area (Å²) in [4.78, 5) is 0. The van der Waals surface area contributed by atoms with Gasteiger partial charge in [0.15, 0.2) is 0 Å². The molecule has 3 heteroatoms. The van der Waals surface area contributed by atoms with E-state index in [1.165, 1.54) is 70.3 Å². The van der Waals surface area contributed by atoms with Crippen LogP contribution < -0.4 is 0 Å². The van der Waals surface area contributed by atoms with Crippen molar-refractivity contribution >= 4 is 11.6 Å². The Balaban J connectivity index is 1.48. The van der Waals surface area contributed by atoms with Crippen LogP contribution in [-0.2, 0) is 0 Å². The maximum atomic E-state index is 14.1. The van der Waals surface area contributed by atoms with E-state index in [9.17, 15) is 4.39 Å². The minimum Gasteiger partial charge on any atom is -0.205 e. The molecule has 0 aromatic heterocycles. The van der Waals surface area contributed by atoms with Crippen LogP contribution in [0.2, 0.25) is 5.02 Å². The fourth-order valence-electron chi connectivity index (χ4n) is 5.49. The second kappa shape index (κ2) is 9.92. The molecule has 1 aromatic rings. The SMILES string of the molecule is CCCCC[C@H]1CC[C@H]([C@H]2CC[C@H](c3cc(F)c(C#N)c(Cl)c3)CC2)CC1. The van der Waals surface area contributed by atoms with Crippen LogP contribution in [0.25, 0.3) is 0 Å². The average molecular weight is 390 g/mol. The molecule has 0 heterocycles. The monoisotopic (exact) mass is 389 g/mol. The van der Waals surface area contributed by atoms with Crippen molar-refractivity contribution in [3.05, 3.63) is 34.1 Å². The highest BCUT2D eigenvalue weighted by Crippen LogP contribution is 2.45. The lowest BCUT2D eigenvalue weighted by molar-refractivity contribution is 0.155. The third kappa shape index (κ3) is 5.26. The molecule has 3 rings (SSSR count). The third-order valence-electron chi connectivity index (χ3n) is 7.19. The summed E-state index contributed by atoms with van der Waals surface area (Å²) in [7, 11) is 0.